The summed E-state index contributed by atoms with van der Waals surface area (Å²) in [4.78, 5) is 0.0539. The van der Waals surface area contributed by atoms with Crippen LogP contribution in [0.2, 0.25) is 10.0 Å². The van der Waals surface area contributed by atoms with Crippen LogP contribution in [0, 0.1) is 0 Å². The Morgan fingerprint density at radius 1 is 1.15 bits per heavy atom. The molecule has 20 heavy (non-hydrogen) atoms. The first-order valence-corrected chi connectivity index (χ1v) is 9.07. The Morgan fingerprint density at radius 2 is 1.80 bits per heavy atom. The number of hydrogen-bond donors (Lipinski definition) is 0. The molecule has 0 unspecified atom stereocenters. The normalized spacial score (nSPS) is 12.1. The van der Waals surface area contributed by atoms with Crippen molar-refractivity contribution in [1.82, 2.24) is 4.31 Å². The van der Waals surface area contributed by atoms with E-state index in [-0.39, 0.29) is 15.8 Å². The molecule has 0 fully saturated rings. The second kappa shape index (κ2) is 7.85. The maximum Gasteiger partial charge on any atom is 0.244 e. The highest BCUT2D eigenvalue weighted by Crippen LogP contribution is 2.31. The molecule has 7 heteroatoms. The van der Waals surface area contributed by atoms with Crippen molar-refractivity contribution < 1.29 is 8.42 Å². The van der Waals surface area contributed by atoms with Crippen LogP contribution < -0.4 is 0 Å². The fraction of sp³-hybridized carbons (Fsp3) is 0.538. The maximum atomic E-state index is 12.5. The van der Waals surface area contributed by atoms with Gasteiger partial charge in [0, 0.05) is 24.5 Å². The summed E-state index contributed by atoms with van der Waals surface area (Å²) in [5, 5.41) is 0.490. The van der Waals surface area contributed by atoms with Crippen LogP contribution >= 0.6 is 34.8 Å². The van der Waals surface area contributed by atoms with Gasteiger partial charge in [0.1, 0.15) is 4.90 Å². The van der Waals surface area contributed by atoms with Crippen LogP contribution in [0.1, 0.15) is 31.7 Å². The van der Waals surface area contributed by atoms with Gasteiger partial charge >= 0.3 is 0 Å². The zero-order chi connectivity index (χ0) is 15.3. The lowest BCUT2D eigenvalue weighted by Gasteiger charge is -2.18. The van der Waals surface area contributed by atoms with Crippen molar-refractivity contribution in [2.24, 2.45) is 0 Å². The smallest absolute Gasteiger partial charge is 0.207 e. The van der Waals surface area contributed by atoms with E-state index < -0.39 is 10.0 Å². The number of benzene rings is 1. The molecule has 0 aliphatic heterocycles. The Hall–Kier alpha value is -0.000000000000000111. The summed E-state index contributed by atoms with van der Waals surface area (Å²) in [5.74, 6) is 0.137. The van der Waals surface area contributed by atoms with Gasteiger partial charge in [-0.25, -0.2) is 12.7 Å². The second-order valence-corrected chi connectivity index (χ2v) is 7.64. The van der Waals surface area contributed by atoms with Crippen LogP contribution in [-0.4, -0.2) is 26.3 Å². The van der Waals surface area contributed by atoms with Gasteiger partial charge in [-0.05, 0) is 24.1 Å². The largest absolute Gasteiger partial charge is 0.244 e. The number of halogens is 3. The van der Waals surface area contributed by atoms with Crippen molar-refractivity contribution in [2.45, 2.75) is 37.0 Å². The molecule has 1 aromatic carbocycles. The zero-order valence-corrected chi connectivity index (χ0v) is 14.6. The molecule has 0 bridgehead atoms. The quantitative estimate of drug-likeness (QED) is 0.530. The molecule has 114 valence electrons. The Labute approximate surface area is 135 Å². The van der Waals surface area contributed by atoms with Gasteiger partial charge in [0.25, 0.3) is 0 Å². The van der Waals surface area contributed by atoms with E-state index in [4.69, 9.17) is 34.8 Å². The molecule has 0 heterocycles. The first kappa shape index (κ1) is 18.1. The Bertz CT molecular complexity index is 561. The maximum absolute atomic E-state index is 12.5. The highest BCUT2D eigenvalue weighted by atomic mass is 35.5. The predicted octanol–water partition coefficient (Wildman–Crippen LogP) is 4.54. The molecular weight excluding hydrogens is 341 g/mol. The molecule has 3 nitrogen and oxygen atoms in total. The van der Waals surface area contributed by atoms with Crippen LogP contribution in [0.25, 0.3) is 0 Å². The highest BCUT2D eigenvalue weighted by Gasteiger charge is 2.24. The average molecular weight is 359 g/mol. The number of hydrogen-bond acceptors (Lipinski definition) is 2. The zero-order valence-electron chi connectivity index (χ0n) is 11.5. The SMILES string of the molecule is CCCCCN(C)S(=O)(=O)c1cc(CCl)c(Cl)cc1Cl. The molecule has 0 radical (unpaired) electrons. The van der Waals surface area contributed by atoms with Gasteiger partial charge in [-0.1, -0.05) is 43.0 Å². The second-order valence-electron chi connectivity index (χ2n) is 4.54. The summed E-state index contributed by atoms with van der Waals surface area (Å²) in [7, 11) is -2.06. The Kier molecular flexibility index (Phi) is 7.09. The predicted molar refractivity (Wildman–Crippen MR) is 85.4 cm³/mol. The fourth-order valence-corrected chi connectivity index (χ4v) is 4.08. The number of sulfonamides is 1. The van der Waals surface area contributed by atoms with Gasteiger partial charge in [0.2, 0.25) is 10.0 Å². The van der Waals surface area contributed by atoms with E-state index in [9.17, 15) is 8.42 Å². The third-order valence-corrected chi connectivity index (χ3v) is 5.97. The van der Waals surface area contributed by atoms with Crippen LogP contribution in [0.15, 0.2) is 17.0 Å². The molecule has 0 aliphatic carbocycles. The summed E-state index contributed by atoms with van der Waals surface area (Å²) in [6.07, 6.45) is 2.84. The lowest BCUT2D eigenvalue weighted by molar-refractivity contribution is 0.454. The van der Waals surface area contributed by atoms with Crippen LogP contribution in [0.4, 0.5) is 0 Å². The van der Waals surface area contributed by atoms with Crippen molar-refractivity contribution in [1.29, 1.82) is 0 Å². The number of alkyl halides is 1. The van der Waals surface area contributed by atoms with E-state index in [2.05, 4.69) is 6.92 Å². The number of rotatable bonds is 7. The minimum atomic E-state index is -3.62. The van der Waals surface area contributed by atoms with Gasteiger partial charge in [-0.2, -0.15) is 0 Å². The molecule has 0 saturated heterocycles. The summed E-state index contributed by atoms with van der Waals surface area (Å²) in [5.41, 5.74) is 0.554. The van der Waals surface area contributed by atoms with Crippen LogP contribution in [0.5, 0.6) is 0 Å². The Balaban J connectivity index is 3.08. The van der Waals surface area contributed by atoms with Crippen molar-refractivity contribution in [3.05, 3.63) is 27.7 Å². The summed E-state index contributed by atoms with van der Waals surface area (Å²) < 4.78 is 26.3. The highest BCUT2D eigenvalue weighted by molar-refractivity contribution is 7.89. The van der Waals surface area contributed by atoms with Gasteiger partial charge in [-0.15, -0.1) is 11.6 Å². The van der Waals surface area contributed by atoms with Gasteiger partial charge in [0.15, 0.2) is 0 Å². The molecule has 0 atom stereocenters. The average Bonchev–Trinajstić information content (AvgIpc) is 2.38. The summed E-state index contributed by atoms with van der Waals surface area (Å²) >= 11 is 17.7. The van der Waals surface area contributed by atoms with Crippen molar-refractivity contribution in [3.8, 4) is 0 Å². The van der Waals surface area contributed by atoms with Gasteiger partial charge in [0.05, 0.1) is 5.02 Å². The molecule has 0 spiro atoms. The topological polar surface area (TPSA) is 37.4 Å². The van der Waals surface area contributed by atoms with Gasteiger partial charge in [-0.3, -0.25) is 0 Å². The molecule has 0 amide bonds. The summed E-state index contributed by atoms with van der Waals surface area (Å²) in [6, 6.07) is 2.87. The fourth-order valence-electron chi connectivity index (χ4n) is 1.74. The van der Waals surface area contributed by atoms with Crippen LogP contribution in [0.3, 0.4) is 0 Å². The minimum Gasteiger partial charge on any atom is -0.207 e. The van der Waals surface area contributed by atoms with Crippen molar-refractivity contribution in [2.75, 3.05) is 13.6 Å². The Morgan fingerprint density at radius 3 is 2.35 bits per heavy atom. The van der Waals surface area contributed by atoms with E-state index in [1.807, 2.05) is 0 Å². The lowest BCUT2D eigenvalue weighted by atomic mass is 10.2. The van der Waals surface area contributed by atoms with Crippen LogP contribution in [-0.2, 0) is 15.9 Å². The first-order valence-electron chi connectivity index (χ1n) is 6.34. The lowest BCUT2D eigenvalue weighted by Crippen LogP contribution is -2.28. The number of nitrogens with zero attached hydrogens (tertiary/aromatic N) is 1. The van der Waals surface area contributed by atoms with Gasteiger partial charge < -0.3 is 0 Å². The van der Waals surface area contributed by atoms with Crippen molar-refractivity contribution in [3.63, 3.8) is 0 Å². The minimum absolute atomic E-state index is 0.0539. The van der Waals surface area contributed by atoms with E-state index in [1.54, 1.807) is 7.05 Å². The molecule has 0 aliphatic rings. The van der Waals surface area contributed by atoms with Crippen molar-refractivity contribution >= 4 is 44.8 Å². The number of unbranched alkanes of at least 4 members (excludes halogenated alkanes) is 2. The summed E-state index contributed by atoms with van der Waals surface area (Å²) in [6.45, 7) is 2.53. The van der Waals surface area contributed by atoms with E-state index in [0.29, 0.717) is 17.1 Å². The molecule has 0 aromatic heterocycles. The standard InChI is InChI=1S/C13H18Cl3NO2S/c1-3-4-5-6-17(2)20(18,19)13-7-10(9-14)11(15)8-12(13)16/h7-8H,3-6,9H2,1-2H3. The molecule has 1 rings (SSSR count). The molecular formula is C13H18Cl3NO2S. The molecule has 1 aromatic rings. The molecule has 0 saturated carbocycles. The van der Waals surface area contributed by atoms with E-state index in [1.165, 1.54) is 16.4 Å². The monoisotopic (exact) mass is 357 g/mol. The third-order valence-electron chi connectivity index (χ3n) is 3.01. The molecule has 0 N–H and O–H groups in total. The third kappa shape index (κ3) is 4.25. The van der Waals surface area contributed by atoms with E-state index >= 15 is 0 Å². The first-order chi connectivity index (χ1) is 9.34. The van der Waals surface area contributed by atoms with E-state index in [0.717, 1.165) is 19.3 Å².